The first-order chi connectivity index (χ1) is 11.5. The molecule has 6 nitrogen and oxygen atoms in total. The Kier molecular flexibility index (Phi) is 4.53. The molecule has 0 aliphatic carbocycles. The van der Waals surface area contributed by atoms with Crippen molar-refractivity contribution < 1.29 is 23.2 Å². The summed E-state index contributed by atoms with van der Waals surface area (Å²) in [5.74, 6) is 0.252. The fourth-order valence-electron chi connectivity index (χ4n) is 2.73. The fraction of sp³-hybridized carbons (Fsp3) is 0.412. The van der Waals surface area contributed by atoms with E-state index in [2.05, 4.69) is 5.16 Å². The van der Waals surface area contributed by atoms with Crippen LogP contribution in [0.1, 0.15) is 22.7 Å². The topological polar surface area (TPSA) is 64.8 Å². The van der Waals surface area contributed by atoms with Crippen LogP contribution in [0.3, 0.4) is 0 Å². The van der Waals surface area contributed by atoms with E-state index in [1.807, 2.05) is 0 Å². The van der Waals surface area contributed by atoms with Crippen molar-refractivity contribution in [2.75, 3.05) is 26.8 Å². The number of carbonyl (C=O) groups is 1. The number of rotatable bonds is 5. The van der Waals surface area contributed by atoms with Crippen molar-refractivity contribution in [1.82, 2.24) is 10.1 Å². The van der Waals surface area contributed by atoms with E-state index in [9.17, 15) is 9.18 Å². The lowest BCUT2D eigenvalue weighted by Crippen LogP contribution is -2.42. The number of hydrogen-bond acceptors (Lipinski definition) is 5. The van der Waals surface area contributed by atoms with Crippen LogP contribution in [0.4, 0.5) is 4.39 Å². The lowest BCUT2D eigenvalue weighted by atomic mass is 10.0. The first-order valence-corrected chi connectivity index (χ1v) is 7.67. The van der Waals surface area contributed by atoms with Crippen LogP contribution in [-0.2, 0) is 4.74 Å². The van der Waals surface area contributed by atoms with Gasteiger partial charge in [-0.15, -0.1) is 0 Å². The molecule has 0 N–H and O–H groups in total. The van der Waals surface area contributed by atoms with Gasteiger partial charge in [0.15, 0.2) is 0 Å². The lowest BCUT2D eigenvalue weighted by Gasteiger charge is -2.27. The van der Waals surface area contributed by atoms with Crippen LogP contribution in [0.15, 0.2) is 34.9 Å². The van der Waals surface area contributed by atoms with Crippen molar-refractivity contribution >= 4 is 5.91 Å². The van der Waals surface area contributed by atoms with E-state index in [0.717, 1.165) is 0 Å². The van der Waals surface area contributed by atoms with Crippen LogP contribution in [0, 0.1) is 12.7 Å². The first-order valence-electron chi connectivity index (χ1n) is 7.67. The molecule has 7 heteroatoms. The molecule has 2 aromatic rings. The Balaban J connectivity index is 1.64. The molecule has 0 spiro atoms. The average Bonchev–Trinajstić information content (AvgIpc) is 3.21. The number of benzene rings is 1. The number of ether oxygens (including phenoxy) is 2. The maximum atomic E-state index is 12.9. The van der Waals surface area contributed by atoms with Gasteiger partial charge in [-0.2, -0.15) is 0 Å². The zero-order valence-corrected chi connectivity index (χ0v) is 13.6. The van der Waals surface area contributed by atoms with Gasteiger partial charge in [0.05, 0.1) is 12.2 Å². The number of likely N-dealkylation sites (tertiary alicyclic amines) is 1. The molecule has 3 rings (SSSR count). The molecule has 1 aliphatic heterocycles. The summed E-state index contributed by atoms with van der Waals surface area (Å²) < 4.78 is 29.3. The van der Waals surface area contributed by atoms with Crippen LogP contribution in [0.25, 0.3) is 0 Å². The number of nitrogens with zero attached hydrogens (tertiary/aromatic N) is 2. The van der Waals surface area contributed by atoms with Gasteiger partial charge in [0.1, 0.15) is 23.8 Å². The Morgan fingerprint density at radius 3 is 2.79 bits per heavy atom. The van der Waals surface area contributed by atoms with Gasteiger partial charge >= 0.3 is 0 Å². The third kappa shape index (κ3) is 3.41. The van der Waals surface area contributed by atoms with Crippen molar-refractivity contribution in [1.29, 1.82) is 0 Å². The maximum Gasteiger partial charge on any atom is 0.292 e. The molecule has 0 radical (unpaired) electrons. The standard InChI is InChI=1S/C17H19FN2O4/c1-12-9-15(24-19-12)16(21)20-8-7-17(10-20,22-2)11-23-14-5-3-13(18)4-6-14/h3-6,9H,7-8,10-11H2,1-2H3/t17-/m0/s1. The second-order valence-electron chi connectivity index (χ2n) is 5.94. The average molecular weight is 334 g/mol. The molecule has 24 heavy (non-hydrogen) atoms. The van der Waals surface area contributed by atoms with Crippen molar-refractivity contribution in [2.45, 2.75) is 18.9 Å². The van der Waals surface area contributed by atoms with Gasteiger partial charge in [-0.1, -0.05) is 5.16 Å². The molecule has 1 amide bonds. The van der Waals surface area contributed by atoms with Gasteiger partial charge < -0.3 is 18.9 Å². The number of hydrogen-bond donors (Lipinski definition) is 0. The van der Waals surface area contributed by atoms with Crippen molar-refractivity contribution in [3.8, 4) is 5.75 Å². The molecule has 1 saturated heterocycles. The second-order valence-corrected chi connectivity index (χ2v) is 5.94. The van der Waals surface area contributed by atoms with Crippen LogP contribution in [-0.4, -0.2) is 48.4 Å². The van der Waals surface area contributed by atoms with Gasteiger partial charge in [0.25, 0.3) is 5.91 Å². The summed E-state index contributed by atoms with van der Waals surface area (Å²) in [6, 6.07) is 7.42. The molecule has 1 aromatic carbocycles. The van der Waals surface area contributed by atoms with Gasteiger partial charge in [-0.05, 0) is 37.6 Å². The largest absolute Gasteiger partial charge is 0.491 e. The van der Waals surface area contributed by atoms with E-state index in [1.165, 1.54) is 12.1 Å². The Morgan fingerprint density at radius 1 is 1.42 bits per heavy atom. The van der Waals surface area contributed by atoms with Crippen molar-refractivity contribution in [3.05, 3.63) is 47.6 Å². The number of carbonyl (C=O) groups excluding carboxylic acids is 1. The van der Waals surface area contributed by atoms with E-state index in [-0.39, 0.29) is 24.1 Å². The quantitative estimate of drug-likeness (QED) is 0.840. The zero-order valence-electron chi connectivity index (χ0n) is 13.6. The Bertz CT molecular complexity index is 716. The molecular formula is C17H19FN2O4. The minimum atomic E-state index is -0.598. The summed E-state index contributed by atoms with van der Waals surface area (Å²) >= 11 is 0. The number of aryl methyl sites for hydroxylation is 1. The van der Waals surface area contributed by atoms with E-state index in [4.69, 9.17) is 14.0 Å². The molecule has 2 heterocycles. The lowest BCUT2D eigenvalue weighted by molar-refractivity contribution is -0.0344. The summed E-state index contributed by atoms with van der Waals surface area (Å²) in [7, 11) is 1.60. The monoisotopic (exact) mass is 334 g/mol. The van der Waals surface area contributed by atoms with Gasteiger partial charge in [-0.3, -0.25) is 4.79 Å². The van der Waals surface area contributed by atoms with Crippen molar-refractivity contribution in [3.63, 3.8) is 0 Å². The fourth-order valence-corrected chi connectivity index (χ4v) is 2.73. The highest BCUT2D eigenvalue weighted by molar-refractivity contribution is 5.91. The summed E-state index contributed by atoms with van der Waals surface area (Å²) in [6.07, 6.45) is 0.642. The molecule has 1 aliphatic rings. The van der Waals surface area contributed by atoms with E-state index < -0.39 is 5.60 Å². The predicted molar refractivity (Wildman–Crippen MR) is 83.4 cm³/mol. The van der Waals surface area contributed by atoms with Crippen LogP contribution in [0.5, 0.6) is 5.75 Å². The summed E-state index contributed by atoms with van der Waals surface area (Å²) in [5.41, 5.74) is 0.0641. The molecule has 0 unspecified atom stereocenters. The number of halogens is 1. The molecule has 0 saturated carbocycles. The Hall–Kier alpha value is -2.41. The summed E-state index contributed by atoms with van der Waals surface area (Å²) in [5, 5.41) is 3.74. The Morgan fingerprint density at radius 2 is 2.17 bits per heavy atom. The Labute approximate surface area is 139 Å². The maximum absolute atomic E-state index is 12.9. The third-order valence-electron chi connectivity index (χ3n) is 4.19. The minimum absolute atomic E-state index is 0.212. The van der Waals surface area contributed by atoms with Crippen LogP contribution < -0.4 is 4.74 Å². The van der Waals surface area contributed by atoms with Gasteiger partial charge in [0.2, 0.25) is 5.76 Å². The normalized spacial score (nSPS) is 20.4. The highest BCUT2D eigenvalue weighted by Crippen LogP contribution is 2.27. The van der Waals surface area contributed by atoms with Crippen molar-refractivity contribution in [2.24, 2.45) is 0 Å². The van der Waals surface area contributed by atoms with E-state index in [0.29, 0.717) is 31.0 Å². The minimum Gasteiger partial charge on any atom is -0.491 e. The smallest absolute Gasteiger partial charge is 0.292 e. The predicted octanol–water partition coefficient (Wildman–Crippen LogP) is 2.43. The molecule has 1 aromatic heterocycles. The summed E-state index contributed by atoms with van der Waals surface area (Å²) in [4.78, 5) is 14.1. The number of aromatic nitrogens is 1. The first kappa shape index (κ1) is 16.4. The number of methoxy groups -OCH3 is 1. The SMILES string of the molecule is CO[C@@]1(COc2ccc(F)cc2)CCN(C(=O)c2cc(C)no2)C1. The summed E-state index contributed by atoms with van der Waals surface area (Å²) in [6.45, 7) is 2.97. The van der Waals surface area contributed by atoms with E-state index >= 15 is 0 Å². The second kappa shape index (κ2) is 6.60. The third-order valence-corrected chi connectivity index (χ3v) is 4.19. The highest BCUT2D eigenvalue weighted by atomic mass is 19.1. The van der Waals surface area contributed by atoms with Crippen LogP contribution >= 0.6 is 0 Å². The van der Waals surface area contributed by atoms with Gasteiger partial charge in [0, 0.05) is 19.7 Å². The highest BCUT2D eigenvalue weighted by Gasteiger charge is 2.42. The molecule has 0 bridgehead atoms. The zero-order chi connectivity index (χ0) is 17.2. The van der Waals surface area contributed by atoms with Gasteiger partial charge in [-0.25, -0.2) is 4.39 Å². The van der Waals surface area contributed by atoms with Crippen LogP contribution in [0.2, 0.25) is 0 Å². The van der Waals surface area contributed by atoms with E-state index in [1.54, 1.807) is 37.1 Å². The molecule has 128 valence electrons. The molecule has 1 atom stereocenters. The molecular weight excluding hydrogens is 315 g/mol. The molecule has 1 fully saturated rings. The number of amides is 1.